The van der Waals surface area contributed by atoms with E-state index in [0.29, 0.717) is 18.0 Å². The van der Waals surface area contributed by atoms with E-state index >= 15 is 0 Å². The average Bonchev–Trinajstić information content (AvgIpc) is 2.20. The van der Waals surface area contributed by atoms with E-state index in [0.717, 1.165) is 12.2 Å². The first-order valence-electron chi connectivity index (χ1n) is 5.47. The van der Waals surface area contributed by atoms with E-state index in [1.54, 1.807) is 6.07 Å². The molecule has 0 aliphatic heterocycles. The third kappa shape index (κ3) is 3.62. The highest BCUT2D eigenvalue weighted by Gasteiger charge is 2.16. The summed E-state index contributed by atoms with van der Waals surface area (Å²) in [4.78, 5) is 0. The topological polar surface area (TPSA) is 73.3 Å². The molecule has 0 unspecified atom stereocenters. The van der Waals surface area contributed by atoms with Gasteiger partial charge in [-0.15, -0.1) is 0 Å². The maximum Gasteiger partial charge on any atom is 0.0797 e. The van der Waals surface area contributed by atoms with Crippen molar-refractivity contribution in [2.75, 3.05) is 29.9 Å². The monoisotopic (exact) mass is 223 g/mol. The van der Waals surface area contributed by atoms with Crippen LogP contribution in [-0.4, -0.2) is 18.8 Å². The molecule has 90 valence electrons. The van der Waals surface area contributed by atoms with Gasteiger partial charge in [0, 0.05) is 18.8 Å². The molecule has 4 heteroatoms. The number of hydrogen-bond acceptors (Lipinski definition) is 4. The number of nitrogens with two attached hydrogens (primary N) is 2. The van der Waals surface area contributed by atoms with Crippen molar-refractivity contribution in [3.8, 4) is 0 Å². The molecule has 0 fully saturated rings. The Labute approximate surface area is 97.0 Å². The molecule has 4 nitrogen and oxygen atoms in total. The fraction of sp³-hybridized carbons (Fsp3) is 0.500. The largest absolute Gasteiger partial charge is 0.397 e. The van der Waals surface area contributed by atoms with Gasteiger partial charge in [-0.1, -0.05) is 0 Å². The summed E-state index contributed by atoms with van der Waals surface area (Å²) in [6, 6.07) is 5.54. The number of ether oxygens (including phenoxy) is 1. The van der Waals surface area contributed by atoms with Gasteiger partial charge in [0.2, 0.25) is 0 Å². The summed E-state index contributed by atoms with van der Waals surface area (Å²) in [5.74, 6) is 0. The fourth-order valence-electron chi connectivity index (χ4n) is 1.44. The average molecular weight is 223 g/mol. The van der Waals surface area contributed by atoms with Gasteiger partial charge in [0.25, 0.3) is 0 Å². The van der Waals surface area contributed by atoms with Gasteiger partial charge in [-0.3, -0.25) is 0 Å². The van der Waals surface area contributed by atoms with Gasteiger partial charge in [-0.2, -0.15) is 0 Å². The zero-order valence-corrected chi connectivity index (χ0v) is 10.2. The Morgan fingerprint density at radius 1 is 1.25 bits per heavy atom. The molecule has 16 heavy (non-hydrogen) atoms. The summed E-state index contributed by atoms with van der Waals surface area (Å²) in [7, 11) is 0. The number of anilines is 3. The maximum atomic E-state index is 5.72. The number of nitrogen functional groups attached to an aromatic ring is 2. The zero-order chi connectivity index (χ0) is 12.2. The van der Waals surface area contributed by atoms with Crippen molar-refractivity contribution < 1.29 is 4.74 Å². The molecule has 1 aromatic rings. The van der Waals surface area contributed by atoms with Crippen molar-refractivity contribution in [3.63, 3.8) is 0 Å². The summed E-state index contributed by atoms with van der Waals surface area (Å²) in [6.07, 6.45) is 0. The zero-order valence-electron chi connectivity index (χ0n) is 10.2. The van der Waals surface area contributed by atoms with Crippen LogP contribution in [0.3, 0.4) is 0 Å². The van der Waals surface area contributed by atoms with E-state index in [4.69, 9.17) is 16.2 Å². The molecular formula is C12H21N3O. The molecule has 1 aromatic carbocycles. The first-order valence-corrected chi connectivity index (χ1v) is 5.47. The first kappa shape index (κ1) is 12.6. The van der Waals surface area contributed by atoms with Crippen LogP contribution in [0.1, 0.15) is 20.8 Å². The van der Waals surface area contributed by atoms with E-state index < -0.39 is 0 Å². The lowest BCUT2D eigenvalue weighted by Gasteiger charge is -2.25. The fourth-order valence-corrected chi connectivity index (χ4v) is 1.44. The van der Waals surface area contributed by atoms with Crippen molar-refractivity contribution in [1.29, 1.82) is 0 Å². The molecule has 0 saturated heterocycles. The number of nitrogens with one attached hydrogen (secondary N) is 1. The number of hydrogen-bond donors (Lipinski definition) is 3. The highest BCUT2D eigenvalue weighted by atomic mass is 16.5. The quantitative estimate of drug-likeness (QED) is 0.668. The highest BCUT2D eigenvalue weighted by molar-refractivity contribution is 5.69. The molecule has 0 saturated carbocycles. The lowest BCUT2D eigenvalue weighted by Crippen LogP contribution is -2.33. The van der Waals surface area contributed by atoms with Crippen LogP contribution in [0, 0.1) is 0 Å². The number of benzene rings is 1. The lowest BCUT2D eigenvalue weighted by atomic mass is 10.1. The smallest absolute Gasteiger partial charge is 0.0797 e. The Bertz CT molecular complexity index is 350. The van der Waals surface area contributed by atoms with Crippen molar-refractivity contribution in [2.45, 2.75) is 26.4 Å². The molecule has 0 aromatic heterocycles. The van der Waals surface area contributed by atoms with Crippen LogP contribution in [0.5, 0.6) is 0 Å². The third-order valence-electron chi connectivity index (χ3n) is 2.34. The summed E-state index contributed by atoms with van der Waals surface area (Å²) >= 11 is 0. The van der Waals surface area contributed by atoms with Gasteiger partial charge in [0.1, 0.15) is 0 Å². The molecule has 1 rings (SSSR count). The predicted octanol–water partition coefficient (Wildman–Crippen LogP) is 2.08. The molecule has 0 bridgehead atoms. The van der Waals surface area contributed by atoms with E-state index in [1.165, 1.54) is 0 Å². The van der Waals surface area contributed by atoms with E-state index in [9.17, 15) is 0 Å². The molecule has 0 radical (unpaired) electrons. The summed E-state index contributed by atoms with van der Waals surface area (Å²) in [5, 5.41) is 3.28. The van der Waals surface area contributed by atoms with Crippen LogP contribution >= 0.6 is 0 Å². The second-order valence-corrected chi connectivity index (χ2v) is 4.39. The maximum absolute atomic E-state index is 5.72. The lowest BCUT2D eigenvalue weighted by molar-refractivity contribution is 0.000699. The summed E-state index contributed by atoms with van der Waals surface area (Å²) in [6.45, 7) is 7.51. The normalized spacial score (nSPS) is 11.4. The Kier molecular flexibility index (Phi) is 4.01. The van der Waals surface area contributed by atoms with E-state index in [-0.39, 0.29) is 5.60 Å². The summed E-state index contributed by atoms with van der Waals surface area (Å²) < 4.78 is 5.59. The minimum Gasteiger partial charge on any atom is -0.397 e. The van der Waals surface area contributed by atoms with Crippen molar-refractivity contribution in [1.82, 2.24) is 0 Å². The van der Waals surface area contributed by atoms with Gasteiger partial charge < -0.3 is 21.5 Å². The van der Waals surface area contributed by atoms with Crippen molar-refractivity contribution in [3.05, 3.63) is 18.2 Å². The molecule has 0 spiro atoms. The molecule has 5 N–H and O–H groups in total. The molecule has 0 aliphatic rings. The second-order valence-electron chi connectivity index (χ2n) is 4.39. The van der Waals surface area contributed by atoms with Gasteiger partial charge in [0.05, 0.1) is 17.0 Å². The van der Waals surface area contributed by atoms with Crippen LogP contribution in [0.25, 0.3) is 0 Å². The van der Waals surface area contributed by atoms with Crippen LogP contribution in [0.2, 0.25) is 0 Å². The van der Waals surface area contributed by atoms with E-state index in [1.807, 2.05) is 32.9 Å². The minimum absolute atomic E-state index is 0.190. The molecule has 0 heterocycles. The number of rotatable bonds is 5. The Hall–Kier alpha value is -1.42. The molecule has 0 amide bonds. The Morgan fingerprint density at radius 2 is 1.94 bits per heavy atom. The van der Waals surface area contributed by atoms with Gasteiger partial charge in [-0.25, -0.2) is 0 Å². The van der Waals surface area contributed by atoms with Gasteiger partial charge in [-0.05, 0) is 39.0 Å². The Morgan fingerprint density at radius 3 is 2.50 bits per heavy atom. The van der Waals surface area contributed by atoms with Crippen LogP contribution in [-0.2, 0) is 4.74 Å². The molecule has 0 aliphatic carbocycles. The van der Waals surface area contributed by atoms with Crippen molar-refractivity contribution in [2.24, 2.45) is 0 Å². The molecule has 0 atom stereocenters. The van der Waals surface area contributed by atoms with Crippen molar-refractivity contribution >= 4 is 17.1 Å². The van der Waals surface area contributed by atoms with Crippen LogP contribution < -0.4 is 16.8 Å². The minimum atomic E-state index is -0.190. The molecular weight excluding hydrogens is 202 g/mol. The third-order valence-corrected chi connectivity index (χ3v) is 2.34. The van der Waals surface area contributed by atoms with Crippen LogP contribution in [0.15, 0.2) is 18.2 Å². The Balaban J connectivity index is 2.57. The van der Waals surface area contributed by atoms with E-state index in [2.05, 4.69) is 5.32 Å². The van der Waals surface area contributed by atoms with Gasteiger partial charge >= 0.3 is 0 Å². The highest BCUT2D eigenvalue weighted by Crippen LogP contribution is 2.20. The van der Waals surface area contributed by atoms with Crippen LogP contribution in [0.4, 0.5) is 17.1 Å². The summed E-state index contributed by atoms with van der Waals surface area (Å²) in [5.41, 5.74) is 13.3. The second kappa shape index (κ2) is 5.07. The standard InChI is InChI=1S/C12H21N3O/c1-4-16-12(2,3)8-15-9-5-6-10(13)11(14)7-9/h5-7,15H,4,8,13-14H2,1-3H3. The predicted molar refractivity (Wildman–Crippen MR) is 69.5 cm³/mol. The first-order chi connectivity index (χ1) is 7.44. The SMILES string of the molecule is CCOC(C)(C)CNc1ccc(N)c(N)c1. The van der Waals surface area contributed by atoms with Gasteiger partial charge in [0.15, 0.2) is 0 Å².